The average Bonchev–Trinajstić information content (AvgIpc) is 2.82. The molecule has 1 aromatic heterocycles. The number of rotatable bonds is 3. The Balaban J connectivity index is 2.29. The van der Waals surface area contributed by atoms with Crippen LogP contribution < -0.4 is 0 Å². The summed E-state index contributed by atoms with van der Waals surface area (Å²) in [5.41, 5.74) is 2.23. The first-order valence-corrected chi connectivity index (χ1v) is 6.62. The highest BCUT2D eigenvalue weighted by Gasteiger charge is 2.09. The zero-order valence-electron chi connectivity index (χ0n) is 10.6. The van der Waals surface area contributed by atoms with Gasteiger partial charge in [-0.25, -0.2) is 4.79 Å². The van der Waals surface area contributed by atoms with Gasteiger partial charge in [-0.15, -0.1) is 11.6 Å². The lowest BCUT2D eigenvalue weighted by molar-refractivity contribution is 0.0520. The molecule has 0 bridgehead atoms. The van der Waals surface area contributed by atoms with Crippen molar-refractivity contribution in [1.82, 2.24) is 4.98 Å². The van der Waals surface area contributed by atoms with E-state index in [0.717, 1.165) is 16.5 Å². The largest absolute Gasteiger partial charge is 0.461 e. The van der Waals surface area contributed by atoms with Crippen LogP contribution in [0.5, 0.6) is 0 Å². The van der Waals surface area contributed by atoms with Crippen molar-refractivity contribution in [3.63, 3.8) is 0 Å². The minimum Gasteiger partial charge on any atom is -0.461 e. The molecule has 0 aliphatic rings. The molecule has 1 aromatic carbocycles. The number of hydrogen-bond donors (Lipinski definition) is 1. The van der Waals surface area contributed by atoms with Crippen molar-refractivity contribution in [2.24, 2.45) is 0 Å². The number of benzene rings is 1. The normalized spacial score (nSPS) is 10.0. The third-order valence-corrected chi connectivity index (χ3v) is 2.76. The second-order valence-electron chi connectivity index (χ2n) is 3.95. The van der Waals surface area contributed by atoms with E-state index in [1.165, 1.54) is 0 Å². The summed E-state index contributed by atoms with van der Waals surface area (Å²) in [6.07, 6.45) is 0.665. The molecule has 0 radical (unpaired) electrons. The molecule has 0 spiro atoms. The second-order valence-corrected chi connectivity index (χ2v) is 4.32. The van der Waals surface area contributed by atoms with Gasteiger partial charge in [0.1, 0.15) is 5.69 Å². The first-order chi connectivity index (χ1) is 9.24. The van der Waals surface area contributed by atoms with Crippen molar-refractivity contribution in [2.45, 2.75) is 13.3 Å². The summed E-state index contributed by atoms with van der Waals surface area (Å²) >= 11 is 5.57. The van der Waals surface area contributed by atoms with Crippen molar-refractivity contribution in [1.29, 1.82) is 0 Å². The number of aromatic nitrogens is 1. The van der Waals surface area contributed by atoms with E-state index in [9.17, 15) is 4.79 Å². The van der Waals surface area contributed by atoms with E-state index in [1.807, 2.05) is 18.2 Å². The number of H-pyrrole nitrogens is 1. The third kappa shape index (κ3) is 3.30. The van der Waals surface area contributed by atoms with Gasteiger partial charge in [-0.05, 0) is 25.1 Å². The number of nitrogens with one attached hydrogen (secondary N) is 1. The highest BCUT2D eigenvalue weighted by molar-refractivity contribution is 6.18. The van der Waals surface area contributed by atoms with E-state index < -0.39 is 0 Å². The molecule has 0 saturated heterocycles. The van der Waals surface area contributed by atoms with E-state index >= 15 is 0 Å². The number of alkyl halides is 1. The number of fused-ring (bicyclic) bond motifs is 1. The minimum atomic E-state index is -0.339. The molecule has 4 heteroatoms. The summed E-state index contributed by atoms with van der Waals surface area (Å²) in [7, 11) is 0. The van der Waals surface area contributed by atoms with Crippen LogP contribution in [0.15, 0.2) is 24.3 Å². The molecule has 0 amide bonds. The van der Waals surface area contributed by atoms with Crippen LogP contribution in [0, 0.1) is 11.8 Å². The maximum absolute atomic E-state index is 11.6. The van der Waals surface area contributed by atoms with Crippen molar-refractivity contribution >= 4 is 28.5 Å². The average molecular weight is 276 g/mol. The van der Waals surface area contributed by atoms with Gasteiger partial charge in [0.05, 0.1) is 6.61 Å². The maximum atomic E-state index is 11.6. The van der Waals surface area contributed by atoms with Crippen LogP contribution in [0.25, 0.3) is 10.9 Å². The highest BCUT2D eigenvalue weighted by atomic mass is 35.5. The van der Waals surface area contributed by atoms with Crippen LogP contribution in [-0.2, 0) is 4.74 Å². The third-order valence-electron chi connectivity index (χ3n) is 2.57. The standard InChI is InChI=1S/C15H14ClNO2/c1-2-19-15(18)14-10-12-7-6-11(5-3-4-8-16)9-13(12)17-14/h6-7,9-10,17H,2,4,8H2,1H3. The van der Waals surface area contributed by atoms with Gasteiger partial charge in [-0.2, -0.15) is 0 Å². The molecule has 1 N–H and O–H groups in total. The Morgan fingerprint density at radius 2 is 2.26 bits per heavy atom. The van der Waals surface area contributed by atoms with Crippen LogP contribution in [0.1, 0.15) is 29.4 Å². The molecule has 2 aromatic rings. The first-order valence-electron chi connectivity index (χ1n) is 6.09. The molecule has 0 aliphatic carbocycles. The fourth-order valence-electron chi connectivity index (χ4n) is 1.74. The van der Waals surface area contributed by atoms with Crippen molar-refractivity contribution in [3.05, 3.63) is 35.5 Å². The highest BCUT2D eigenvalue weighted by Crippen LogP contribution is 2.17. The molecular weight excluding hydrogens is 262 g/mol. The number of halogens is 1. The molecule has 3 nitrogen and oxygen atoms in total. The Labute approximate surface area is 116 Å². The Morgan fingerprint density at radius 1 is 1.42 bits per heavy atom. The molecule has 0 saturated carbocycles. The number of carbonyl (C=O) groups is 1. The zero-order valence-corrected chi connectivity index (χ0v) is 11.4. The summed E-state index contributed by atoms with van der Waals surface area (Å²) < 4.78 is 4.95. The van der Waals surface area contributed by atoms with Gasteiger partial charge in [0, 0.05) is 28.8 Å². The predicted octanol–water partition coefficient (Wildman–Crippen LogP) is 3.33. The molecule has 0 unspecified atom stereocenters. The molecule has 2 rings (SSSR count). The van der Waals surface area contributed by atoms with E-state index in [-0.39, 0.29) is 5.97 Å². The van der Waals surface area contributed by atoms with Crippen LogP contribution in [-0.4, -0.2) is 23.4 Å². The van der Waals surface area contributed by atoms with Crippen molar-refractivity contribution in [3.8, 4) is 11.8 Å². The molecule has 19 heavy (non-hydrogen) atoms. The Bertz CT molecular complexity index is 649. The zero-order chi connectivity index (χ0) is 13.7. The van der Waals surface area contributed by atoms with Gasteiger partial charge in [-0.3, -0.25) is 0 Å². The number of esters is 1. The van der Waals surface area contributed by atoms with Gasteiger partial charge >= 0.3 is 5.97 Å². The van der Waals surface area contributed by atoms with Gasteiger partial charge < -0.3 is 9.72 Å². The Hall–Kier alpha value is -1.92. The molecule has 0 fully saturated rings. The molecule has 0 atom stereocenters. The van der Waals surface area contributed by atoms with Crippen molar-refractivity contribution < 1.29 is 9.53 Å². The van der Waals surface area contributed by atoms with Crippen LogP contribution in [0.4, 0.5) is 0 Å². The fourth-order valence-corrected chi connectivity index (χ4v) is 1.83. The SMILES string of the molecule is CCOC(=O)c1cc2ccc(C#CCCCl)cc2[nH]1. The summed E-state index contributed by atoms with van der Waals surface area (Å²) in [5.74, 6) is 6.20. The van der Waals surface area contributed by atoms with E-state index in [2.05, 4.69) is 16.8 Å². The fraction of sp³-hybridized carbons (Fsp3) is 0.267. The van der Waals surface area contributed by atoms with Crippen molar-refractivity contribution in [2.75, 3.05) is 12.5 Å². The molecular formula is C15H14ClNO2. The number of hydrogen-bond acceptors (Lipinski definition) is 2. The maximum Gasteiger partial charge on any atom is 0.354 e. The van der Waals surface area contributed by atoms with E-state index in [4.69, 9.17) is 16.3 Å². The monoisotopic (exact) mass is 275 g/mol. The first kappa shape index (κ1) is 13.5. The second kappa shape index (κ2) is 6.31. The van der Waals surface area contributed by atoms with Crippen LogP contribution in [0.2, 0.25) is 0 Å². The predicted molar refractivity (Wildman–Crippen MR) is 76.5 cm³/mol. The minimum absolute atomic E-state index is 0.339. The topological polar surface area (TPSA) is 42.1 Å². The lowest BCUT2D eigenvalue weighted by atomic mass is 10.1. The van der Waals surface area contributed by atoms with Gasteiger partial charge in [0.15, 0.2) is 0 Å². The summed E-state index contributed by atoms with van der Waals surface area (Å²) in [4.78, 5) is 14.7. The van der Waals surface area contributed by atoms with E-state index in [0.29, 0.717) is 24.6 Å². The summed E-state index contributed by atoms with van der Waals surface area (Å²) in [6.45, 7) is 2.15. The quantitative estimate of drug-likeness (QED) is 0.530. The smallest absolute Gasteiger partial charge is 0.354 e. The number of ether oxygens (including phenoxy) is 1. The molecule has 0 aliphatic heterocycles. The number of aromatic amines is 1. The Morgan fingerprint density at radius 3 is 3.00 bits per heavy atom. The van der Waals surface area contributed by atoms with Gasteiger partial charge in [-0.1, -0.05) is 17.9 Å². The molecule has 1 heterocycles. The van der Waals surface area contributed by atoms with E-state index in [1.54, 1.807) is 13.0 Å². The molecule has 98 valence electrons. The number of carbonyl (C=O) groups excluding carboxylic acids is 1. The summed E-state index contributed by atoms with van der Waals surface area (Å²) in [6, 6.07) is 7.55. The van der Waals surface area contributed by atoms with Crippen LogP contribution in [0.3, 0.4) is 0 Å². The van der Waals surface area contributed by atoms with Crippen LogP contribution >= 0.6 is 11.6 Å². The van der Waals surface area contributed by atoms with Gasteiger partial charge in [0.25, 0.3) is 0 Å². The van der Waals surface area contributed by atoms with Gasteiger partial charge in [0.2, 0.25) is 0 Å². The summed E-state index contributed by atoms with van der Waals surface area (Å²) in [5, 5.41) is 0.964. The Kier molecular flexibility index (Phi) is 4.48. The lowest BCUT2D eigenvalue weighted by Gasteiger charge is -1.96. The lowest BCUT2D eigenvalue weighted by Crippen LogP contribution is -2.04.